The predicted octanol–water partition coefficient (Wildman–Crippen LogP) is 1.39. The summed E-state index contributed by atoms with van der Waals surface area (Å²) in [6.45, 7) is 1.68. The quantitative estimate of drug-likeness (QED) is 0.755. The third-order valence-electron chi connectivity index (χ3n) is 3.82. The van der Waals surface area contributed by atoms with Crippen LogP contribution in [0.3, 0.4) is 0 Å². The lowest BCUT2D eigenvalue weighted by molar-refractivity contribution is -0.120. The molecule has 2 N–H and O–H groups in total. The summed E-state index contributed by atoms with van der Waals surface area (Å²) < 4.78 is 36.6. The van der Waals surface area contributed by atoms with Gasteiger partial charge in [0.15, 0.2) is 15.7 Å². The number of sulfone groups is 1. The maximum absolute atomic E-state index is 13.8. The molecule has 7 nitrogen and oxygen atoms in total. The van der Waals surface area contributed by atoms with Crippen molar-refractivity contribution in [2.45, 2.75) is 29.8 Å². The van der Waals surface area contributed by atoms with Crippen molar-refractivity contribution in [3.63, 3.8) is 0 Å². The molecule has 1 aromatic carbocycles. The number of rotatable bonds is 5. The van der Waals surface area contributed by atoms with E-state index in [1.54, 1.807) is 25.1 Å². The Morgan fingerprint density at radius 1 is 1.44 bits per heavy atom. The molecular weight excluding hydrogens is 367 g/mol. The van der Waals surface area contributed by atoms with E-state index < -0.39 is 20.9 Å². The van der Waals surface area contributed by atoms with Crippen LogP contribution in [0.1, 0.15) is 13.3 Å². The van der Waals surface area contributed by atoms with Crippen LogP contribution in [0.4, 0.5) is 4.39 Å². The van der Waals surface area contributed by atoms with Crippen molar-refractivity contribution >= 4 is 27.5 Å². The Morgan fingerprint density at radius 3 is 2.88 bits per heavy atom. The molecule has 0 radical (unpaired) electrons. The van der Waals surface area contributed by atoms with Crippen molar-refractivity contribution in [1.82, 2.24) is 20.5 Å². The Morgan fingerprint density at radius 2 is 2.20 bits per heavy atom. The maximum Gasteiger partial charge on any atom is 0.233 e. The van der Waals surface area contributed by atoms with Gasteiger partial charge >= 0.3 is 0 Å². The molecule has 2 atom stereocenters. The van der Waals surface area contributed by atoms with Crippen LogP contribution in [0.25, 0.3) is 11.4 Å². The monoisotopic (exact) mass is 384 g/mol. The SMILES string of the molecule is C[C@H](Sc1n[nH]c(-c2ccccc2F)n1)C(=O)N[C@@H]1CCS(=O)(=O)C1. The Kier molecular flexibility index (Phi) is 5.09. The fourth-order valence-corrected chi connectivity index (χ4v) is 4.92. The minimum Gasteiger partial charge on any atom is -0.351 e. The number of aromatic nitrogens is 3. The van der Waals surface area contributed by atoms with E-state index in [9.17, 15) is 17.6 Å². The standard InChI is InChI=1S/C15H17FN4O3S2/c1-9(14(21)17-10-6-7-25(22,23)8-10)24-15-18-13(19-20-15)11-4-2-3-5-12(11)16/h2-5,9-10H,6-8H2,1H3,(H,17,21)(H,18,19,20)/t9-,10+/m0/s1. The zero-order chi connectivity index (χ0) is 18.0. The summed E-state index contributed by atoms with van der Waals surface area (Å²) in [5.41, 5.74) is 0.301. The summed E-state index contributed by atoms with van der Waals surface area (Å²) in [5, 5.41) is 9.20. The number of carbonyl (C=O) groups is 1. The number of halogens is 1. The van der Waals surface area contributed by atoms with E-state index in [1.807, 2.05) is 0 Å². The molecule has 1 fully saturated rings. The summed E-state index contributed by atoms with van der Waals surface area (Å²) in [6.07, 6.45) is 0.434. The molecular formula is C15H17FN4O3S2. The van der Waals surface area contributed by atoms with E-state index in [0.717, 1.165) is 11.8 Å². The number of aromatic amines is 1. The molecule has 0 bridgehead atoms. The minimum atomic E-state index is -3.04. The topological polar surface area (TPSA) is 105 Å². The lowest BCUT2D eigenvalue weighted by Crippen LogP contribution is -2.39. The van der Waals surface area contributed by atoms with Crippen LogP contribution in [-0.2, 0) is 14.6 Å². The number of hydrogen-bond acceptors (Lipinski definition) is 6. The first-order chi connectivity index (χ1) is 11.8. The van der Waals surface area contributed by atoms with Gasteiger partial charge in [-0.15, -0.1) is 5.10 Å². The van der Waals surface area contributed by atoms with Crippen LogP contribution in [0, 0.1) is 5.82 Å². The average Bonchev–Trinajstić information content (AvgIpc) is 3.14. The number of H-pyrrole nitrogens is 1. The molecule has 2 heterocycles. The van der Waals surface area contributed by atoms with Crippen LogP contribution < -0.4 is 5.32 Å². The highest BCUT2D eigenvalue weighted by molar-refractivity contribution is 8.00. The highest BCUT2D eigenvalue weighted by Crippen LogP contribution is 2.24. The van der Waals surface area contributed by atoms with Crippen LogP contribution in [0.2, 0.25) is 0 Å². The molecule has 0 unspecified atom stereocenters. The molecule has 10 heteroatoms. The molecule has 25 heavy (non-hydrogen) atoms. The third kappa shape index (κ3) is 4.37. The van der Waals surface area contributed by atoms with Gasteiger partial charge in [0.2, 0.25) is 11.1 Å². The number of benzene rings is 1. The number of carbonyl (C=O) groups excluding carboxylic acids is 1. The molecule has 1 aromatic heterocycles. The Bertz CT molecular complexity index is 884. The van der Waals surface area contributed by atoms with Gasteiger partial charge in [-0.2, -0.15) is 0 Å². The van der Waals surface area contributed by atoms with Gasteiger partial charge in [-0.25, -0.2) is 17.8 Å². The second kappa shape index (κ2) is 7.12. The fraction of sp³-hybridized carbons (Fsp3) is 0.400. The molecule has 1 amide bonds. The second-order valence-corrected chi connectivity index (χ2v) is 9.35. The summed E-state index contributed by atoms with van der Waals surface area (Å²) in [6, 6.07) is 5.85. The molecule has 0 aliphatic carbocycles. The Hall–Kier alpha value is -1.94. The van der Waals surface area contributed by atoms with Crippen molar-refractivity contribution in [1.29, 1.82) is 0 Å². The van der Waals surface area contributed by atoms with Gasteiger partial charge in [-0.05, 0) is 25.5 Å². The van der Waals surface area contributed by atoms with Crippen molar-refractivity contribution in [2.24, 2.45) is 0 Å². The largest absolute Gasteiger partial charge is 0.351 e. The first-order valence-electron chi connectivity index (χ1n) is 7.69. The van der Waals surface area contributed by atoms with Crippen molar-refractivity contribution in [3.05, 3.63) is 30.1 Å². The lowest BCUT2D eigenvalue weighted by atomic mass is 10.2. The average molecular weight is 384 g/mol. The molecule has 3 rings (SSSR count). The minimum absolute atomic E-state index is 0.0196. The number of thioether (sulfide) groups is 1. The molecule has 134 valence electrons. The smallest absolute Gasteiger partial charge is 0.233 e. The van der Waals surface area contributed by atoms with E-state index in [4.69, 9.17) is 0 Å². The molecule has 1 aliphatic heterocycles. The summed E-state index contributed by atoms with van der Waals surface area (Å²) >= 11 is 1.12. The van der Waals surface area contributed by atoms with E-state index in [-0.39, 0.29) is 29.3 Å². The van der Waals surface area contributed by atoms with Crippen LogP contribution >= 0.6 is 11.8 Å². The van der Waals surface area contributed by atoms with Gasteiger partial charge in [0.1, 0.15) is 5.82 Å². The van der Waals surface area contributed by atoms with Gasteiger partial charge in [0, 0.05) is 6.04 Å². The van der Waals surface area contributed by atoms with Gasteiger partial charge in [-0.1, -0.05) is 23.9 Å². The van der Waals surface area contributed by atoms with Gasteiger partial charge in [-0.3, -0.25) is 9.89 Å². The maximum atomic E-state index is 13.8. The molecule has 1 aliphatic rings. The van der Waals surface area contributed by atoms with E-state index in [2.05, 4.69) is 20.5 Å². The lowest BCUT2D eigenvalue weighted by Gasteiger charge is -2.14. The highest BCUT2D eigenvalue weighted by Gasteiger charge is 2.30. The second-order valence-electron chi connectivity index (χ2n) is 5.82. The Labute approximate surface area is 148 Å². The van der Waals surface area contributed by atoms with Crippen molar-refractivity contribution < 1.29 is 17.6 Å². The molecule has 0 spiro atoms. The molecule has 0 saturated carbocycles. The summed E-state index contributed by atoms with van der Waals surface area (Å²) in [7, 11) is -3.04. The number of nitrogens with zero attached hydrogens (tertiary/aromatic N) is 2. The zero-order valence-corrected chi connectivity index (χ0v) is 15.0. The van der Waals surface area contributed by atoms with Crippen molar-refractivity contribution in [2.75, 3.05) is 11.5 Å². The third-order valence-corrected chi connectivity index (χ3v) is 6.55. The zero-order valence-electron chi connectivity index (χ0n) is 13.4. The van der Waals surface area contributed by atoms with Crippen LogP contribution in [0.15, 0.2) is 29.4 Å². The normalized spacial score (nSPS) is 20.3. The van der Waals surface area contributed by atoms with Crippen LogP contribution in [-0.4, -0.2) is 52.3 Å². The van der Waals surface area contributed by atoms with Crippen molar-refractivity contribution in [3.8, 4) is 11.4 Å². The summed E-state index contributed by atoms with van der Waals surface area (Å²) in [4.78, 5) is 16.4. The number of nitrogens with one attached hydrogen (secondary N) is 2. The number of amides is 1. The number of hydrogen-bond donors (Lipinski definition) is 2. The van der Waals surface area contributed by atoms with E-state index in [0.29, 0.717) is 17.1 Å². The van der Waals surface area contributed by atoms with Gasteiger partial charge < -0.3 is 5.32 Å². The van der Waals surface area contributed by atoms with E-state index in [1.165, 1.54) is 6.07 Å². The highest BCUT2D eigenvalue weighted by atomic mass is 32.2. The molecule has 1 saturated heterocycles. The fourth-order valence-electron chi connectivity index (χ4n) is 2.51. The summed E-state index contributed by atoms with van der Waals surface area (Å²) in [5.74, 6) is -0.316. The van der Waals surface area contributed by atoms with Gasteiger partial charge in [0.05, 0.1) is 22.3 Å². The van der Waals surface area contributed by atoms with Crippen LogP contribution in [0.5, 0.6) is 0 Å². The Balaban J connectivity index is 1.61. The first kappa shape index (κ1) is 17.9. The predicted molar refractivity (Wildman–Crippen MR) is 92.3 cm³/mol. The molecule has 2 aromatic rings. The first-order valence-corrected chi connectivity index (χ1v) is 10.4. The van der Waals surface area contributed by atoms with Gasteiger partial charge in [0.25, 0.3) is 0 Å². The van der Waals surface area contributed by atoms with E-state index >= 15 is 0 Å².